The number of aromatic amines is 1. The van der Waals surface area contributed by atoms with Gasteiger partial charge >= 0.3 is 0 Å². The Hall–Kier alpha value is -4.67. The first kappa shape index (κ1) is 29.4. The Morgan fingerprint density at radius 1 is 1.05 bits per heavy atom. The largest absolute Gasteiger partial charge is 0.496 e. The Kier molecular flexibility index (Phi) is 8.36. The van der Waals surface area contributed by atoms with Gasteiger partial charge in [0.15, 0.2) is 0 Å². The van der Waals surface area contributed by atoms with Crippen LogP contribution in [0.2, 0.25) is 0 Å². The van der Waals surface area contributed by atoms with E-state index in [2.05, 4.69) is 20.9 Å². The number of carbonyl (C=O) groups excluding carboxylic acids is 5. The number of hydrogen-bond acceptors (Lipinski definition) is 6. The molecule has 3 aromatic rings. The summed E-state index contributed by atoms with van der Waals surface area (Å²) in [5.41, 5.74) is 1.95. The van der Waals surface area contributed by atoms with Gasteiger partial charge in [0.05, 0.1) is 7.11 Å². The fraction of sp³-hybridized carbons (Fsp3) is 0.424. The second kappa shape index (κ2) is 12.5. The van der Waals surface area contributed by atoms with Crippen molar-refractivity contribution in [1.29, 1.82) is 0 Å². The van der Waals surface area contributed by atoms with E-state index in [1.54, 1.807) is 18.1 Å². The van der Waals surface area contributed by atoms with Crippen LogP contribution in [-0.2, 0) is 25.7 Å². The molecule has 4 amide bonds. The number of H-pyrrole nitrogens is 1. The van der Waals surface area contributed by atoms with Crippen LogP contribution in [0, 0.1) is 23.7 Å². The number of carbonyl (C=O) groups is 5. The minimum Gasteiger partial charge on any atom is -0.496 e. The molecule has 1 aliphatic carbocycles. The Balaban J connectivity index is 1.23. The number of likely N-dealkylation sites (tertiary alicyclic amines) is 1. The van der Waals surface area contributed by atoms with Crippen molar-refractivity contribution in [2.45, 2.75) is 44.8 Å². The molecular formula is C33H37N5O6. The van der Waals surface area contributed by atoms with Crippen molar-refractivity contribution in [3.8, 4) is 5.75 Å². The molecule has 230 valence electrons. The summed E-state index contributed by atoms with van der Waals surface area (Å²) < 4.78 is 5.46. The van der Waals surface area contributed by atoms with Gasteiger partial charge in [-0.2, -0.15) is 0 Å². The zero-order valence-corrected chi connectivity index (χ0v) is 24.6. The van der Waals surface area contributed by atoms with Crippen molar-refractivity contribution in [2.75, 3.05) is 20.2 Å². The highest BCUT2D eigenvalue weighted by Crippen LogP contribution is 2.42. The van der Waals surface area contributed by atoms with E-state index in [-0.39, 0.29) is 36.6 Å². The second-order valence-corrected chi connectivity index (χ2v) is 12.0. The highest BCUT2D eigenvalue weighted by atomic mass is 16.5. The molecule has 3 fully saturated rings. The maximum Gasteiger partial charge on any atom is 0.288 e. The minimum atomic E-state index is -1.37. The van der Waals surface area contributed by atoms with Crippen LogP contribution in [0.4, 0.5) is 0 Å². The second-order valence-electron chi connectivity index (χ2n) is 12.0. The third-order valence-electron chi connectivity index (χ3n) is 9.35. The first-order chi connectivity index (χ1) is 21.3. The van der Waals surface area contributed by atoms with Crippen LogP contribution in [0.3, 0.4) is 0 Å². The van der Waals surface area contributed by atoms with E-state index < -0.39 is 35.6 Å². The zero-order valence-electron chi connectivity index (χ0n) is 24.6. The molecule has 5 atom stereocenters. The maximum absolute atomic E-state index is 13.9. The van der Waals surface area contributed by atoms with E-state index >= 15 is 0 Å². The number of benzene rings is 2. The highest BCUT2D eigenvalue weighted by Gasteiger charge is 2.48. The summed E-state index contributed by atoms with van der Waals surface area (Å²) in [6.45, 7) is 1.06. The molecule has 2 aromatic carbocycles. The minimum absolute atomic E-state index is 0.0271. The molecule has 1 unspecified atom stereocenters. The summed E-state index contributed by atoms with van der Waals surface area (Å²) >= 11 is 0. The lowest BCUT2D eigenvalue weighted by atomic mass is 9.88. The van der Waals surface area contributed by atoms with E-state index in [0.29, 0.717) is 31.0 Å². The van der Waals surface area contributed by atoms with Crippen molar-refractivity contribution >= 4 is 40.3 Å². The predicted octanol–water partition coefficient (Wildman–Crippen LogP) is 2.52. The van der Waals surface area contributed by atoms with Crippen LogP contribution in [0.15, 0.2) is 54.6 Å². The van der Waals surface area contributed by atoms with Crippen molar-refractivity contribution in [1.82, 2.24) is 25.8 Å². The topological polar surface area (TPSA) is 150 Å². The molecule has 0 bridgehead atoms. The summed E-state index contributed by atoms with van der Waals surface area (Å²) in [6.07, 6.45) is 2.51. The standard InChI is InChI=1S/C33H37N5O6/c1-44-27-12-6-11-25-23(27)16-26(36-25)33(43)38-18-21-9-5-10-22(21)29(38)37-31(41)24(15-20-13-14-34-30(20)40)28(39)32(42)35-17-19-7-3-2-4-8-19/h2-4,6-8,11-12,16,20-22,24,29,36H,5,9-10,13-15,17-18H2,1H3,(H,34,40)(H,35,42)(H,37,41)/t20-,21+,22+,24?,29+/m1/s1. The molecule has 44 heavy (non-hydrogen) atoms. The van der Waals surface area contributed by atoms with Crippen molar-refractivity contribution in [3.05, 3.63) is 65.9 Å². The quantitative estimate of drug-likeness (QED) is 0.208. The van der Waals surface area contributed by atoms with Gasteiger partial charge in [0.2, 0.25) is 17.6 Å². The van der Waals surface area contributed by atoms with E-state index in [1.165, 1.54) is 0 Å². The average Bonchev–Trinajstić information content (AvgIpc) is 3.83. The molecule has 4 N–H and O–H groups in total. The molecule has 1 aromatic heterocycles. The van der Waals surface area contributed by atoms with Gasteiger partial charge in [0, 0.05) is 42.4 Å². The van der Waals surface area contributed by atoms with Crippen molar-refractivity contribution in [3.63, 3.8) is 0 Å². The zero-order chi connectivity index (χ0) is 30.8. The van der Waals surface area contributed by atoms with Crippen LogP contribution < -0.4 is 20.7 Å². The maximum atomic E-state index is 13.9. The Labute approximate surface area is 255 Å². The average molecular weight is 600 g/mol. The van der Waals surface area contributed by atoms with Gasteiger partial charge < -0.3 is 30.6 Å². The van der Waals surface area contributed by atoms with Gasteiger partial charge in [-0.1, -0.05) is 42.8 Å². The van der Waals surface area contributed by atoms with Gasteiger partial charge in [-0.25, -0.2) is 0 Å². The summed E-state index contributed by atoms with van der Waals surface area (Å²) in [5, 5.41) is 9.15. The van der Waals surface area contributed by atoms with E-state index in [9.17, 15) is 24.0 Å². The number of hydrogen-bond donors (Lipinski definition) is 4. The van der Waals surface area contributed by atoms with Gasteiger partial charge in [-0.05, 0) is 55.4 Å². The molecule has 0 radical (unpaired) electrons. The van der Waals surface area contributed by atoms with Crippen LogP contribution in [0.5, 0.6) is 5.75 Å². The number of nitrogens with zero attached hydrogens (tertiary/aromatic N) is 1. The lowest BCUT2D eigenvalue weighted by Crippen LogP contribution is -2.53. The number of ketones is 1. The molecule has 3 heterocycles. The highest BCUT2D eigenvalue weighted by molar-refractivity contribution is 6.40. The smallest absolute Gasteiger partial charge is 0.288 e. The first-order valence-corrected chi connectivity index (χ1v) is 15.2. The lowest BCUT2D eigenvalue weighted by molar-refractivity contribution is -0.145. The van der Waals surface area contributed by atoms with Crippen molar-refractivity contribution < 1.29 is 28.7 Å². The molecule has 11 heteroatoms. The van der Waals surface area contributed by atoms with Crippen molar-refractivity contribution in [2.24, 2.45) is 23.7 Å². The molecule has 3 aliphatic rings. The number of fused-ring (bicyclic) bond motifs is 2. The molecule has 2 aliphatic heterocycles. The number of Topliss-reactive ketones (excluding diaryl/α,β-unsaturated/α-hetero) is 1. The Morgan fingerprint density at radius 3 is 2.61 bits per heavy atom. The fourth-order valence-corrected chi connectivity index (χ4v) is 7.03. The fourth-order valence-electron chi connectivity index (χ4n) is 7.03. The summed E-state index contributed by atoms with van der Waals surface area (Å²) in [5.74, 6) is -3.94. The van der Waals surface area contributed by atoms with Gasteiger partial charge in [0.1, 0.15) is 23.5 Å². The monoisotopic (exact) mass is 599 g/mol. The molecule has 6 rings (SSSR count). The first-order valence-electron chi connectivity index (χ1n) is 15.2. The molecule has 2 saturated heterocycles. The molecule has 1 saturated carbocycles. The third kappa shape index (κ3) is 5.78. The molecule has 0 spiro atoms. The third-order valence-corrected chi connectivity index (χ3v) is 9.35. The Bertz CT molecular complexity index is 1590. The van der Waals surface area contributed by atoms with Crippen LogP contribution in [0.25, 0.3) is 10.9 Å². The predicted molar refractivity (Wildman–Crippen MR) is 161 cm³/mol. The van der Waals surface area contributed by atoms with E-state index in [4.69, 9.17) is 4.74 Å². The SMILES string of the molecule is COc1cccc2[nH]c(C(=O)N3C[C@@H]4CCC[C@@H]4[C@H]3NC(=O)C(C[C@H]3CCNC3=O)C(=O)C(=O)NCc3ccccc3)cc12. The number of methoxy groups -OCH3 is 1. The van der Waals surface area contributed by atoms with E-state index in [0.717, 1.165) is 35.7 Å². The number of rotatable bonds is 10. The number of nitrogens with one attached hydrogen (secondary N) is 4. The summed E-state index contributed by atoms with van der Waals surface area (Å²) in [6, 6.07) is 16.4. The van der Waals surface area contributed by atoms with Crippen LogP contribution in [-0.4, -0.2) is 65.7 Å². The van der Waals surface area contributed by atoms with Gasteiger partial charge in [-0.15, -0.1) is 0 Å². The van der Waals surface area contributed by atoms with Crippen LogP contribution in [0.1, 0.15) is 48.2 Å². The van der Waals surface area contributed by atoms with Gasteiger partial charge in [-0.3, -0.25) is 24.0 Å². The number of amides is 4. The normalized spacial score (nSPS) is 23.2. The molecular weight excluding hydrogens is 562 g/mol. The number of ether oxygens (including phenoxy) is 1. The van der Waals surface area contributed by atoms with Crippen LogP contribution >= 0.6 is 0 Å². The Morgan fingerprint density at radius 2 is 1.86 bits per heavy atom. The van der Waals surface area contributed by atoms with Gasteiger partial charge in [0.25, 0.3) is 11.8 Å². The van der Waals surface area contributed by atoms with E-state index in [1.807, 2.05) is 48.5 Å². The molecule has 11 nitrogen and oxygen atoms in total. The summed E-state index contributed by atoms with van der Waals surface area (Å²) in [7, 11) is 1.57. The number of aromatic nitrogens is 1. The lowest BCUT2D eigenvalue weighted by Gasteiger charge is -2.30. The summed E-state index contributed by atoms with van der Waals surface area (Å²) in [4.78, 5) is 71.6.